The maximum atomic E-state index is 13.0. The molecule has 1 saturated heterocycles. The number of carbonyl (C=O) groups excluding carboxylic acids is 1. The van der Waals surface area contributed by atoms with Gasteiger partial charge >= 0.3 is 0 Å². The monoisotopic (exact) mass is 428 g/mol. The average Bonchev–Trinajstić information content (AvgIpc) is 3.11. The Labute approximate surface area is 168 Å². The Bertz CT molecular complexity index is 928. The number of nitrogens with zero attached hydrogens (tertiary/aromatic N) is 1. The highest BCUT2D eigenvalue weighted by Crippen LogP contribution is 2.29. The van der Waals surface area contributed by atoms with Crippen molar-refractivity contribution in [1.29, 1.82) is 0 Å². The summed E-state index contributed by atoms with van der Waals surface area (Å²) >= 11 is 11.9. The van der Waals surface area contributed by atoms with Crippen LogP contribution in [0, 0.1) is 0 Å². The Kier molecular flexibility index (Phi) is 5.95. The van der Waals surface area contributed by atoms with Crippen molar-refractivity contribution in [3.8, 4) is 5.75 Å². The molecule has 0 radical (unpaired) electrons. The molecule has 0 spiro atoms. The number of methoxy groups -OCH3 is 1. The fourth-order valence-electron chi connectivity index (χ4n) is 3.02. The Balaban J connectivity index is 1.82. The molecule has 0 bridgehead atoms. The fraction of sp³-hybridized carbons (Fsp3) is 0.278. The number of sulfonamides is 1. The SMILES string of the molecule is COc1ccc(S(=O)(=O)N2CCCC2C(=O)Nc2cc(Cl)cc(Cl)c2)cc1. The van der Waals surface area contributed by atoms with E-state index in [1.165, 1.54) is 23.5 Å². The summed E-state index contributed by atoms with van der Waals surface area (Å²) in [7, 11) is -2.30. The molecular weight excluding hydrogens is 411 g/mol. The zero-order valence-corrected chi connectivity index (χ0v) is 16.8. The highest BCUT2D eigenvalue weighted by molar-refractivity contribution is 7.89. The van der Waals surface area contributed by atoms with Gasteiger partial charge in [-0.25, -0.2) is 8.42 Å². The van der Waals surface area contributed by atoms with Crippen LogP contribution in [0.15, 0.2) is 47.4 Å². The number of benzene rings is 2. The van der Waals surface area contributed by atoms with E-state index in [2.05, 4.69) is 5.32 Å². The summed E-state index contributed by atoms with van der Waals surface area (Å²) in [5, 5.41) is 3.47. The summed E-state index contributed by atoms with van der Waals surface area (Å²) in [6, 6.07) is 9.96. The number of halogens is 2. The summed E-state index contributed by atoms with van der Waals surface area (Å²) in [6.07, 6.45) is 1.04. The molecule has 1 amide bonds. The molecule has 1 heterocycles. The molecule has 2 aromatic rings. The van der Waals surface area contributed by atoms with Crippen LogP contribution in [0.5, 0.6) is 5.75 Å². The van der Waals surface area contributed by atoms with Gasteiger partial charge in [0.15, 0.2) is 0 Å². The second-order valence-electron chi connectivity index (χ2n) is 6.10. The second-order valence-corrected chi connectivity index (χ2v) is 8.86. The molecule has 1 fully saturated rings. The third-order valence-corrected chi connectivity index (χ3v) is 6.66. The van der Waals surface area contributed by atoms with Gasteiger partial charge in [0.05, 0.1) is 12.0 Å². The first kappa shape index (κ1) is 19.9. The van der Waals surface area contributed by atoms with E-state index >= 15 is 0 Å². The molecule has 0 aromatic heterocycles. The molecule has 9 heteroatoms. The van der Waals surface area contributed by atoms with Crippen molar-refractivity contribution in [2.24, 2.45) is 0 Å². The molecule has 27 heavy (non-hydrogen) atoms. The highest BCUT2D eigenvalue weighted by atomic mass is 35.5. The molecule has 0 aliphatic carbocycles. The molecule has 144 valence electrons. The standard InChI is InChI=1S/C18H18Cl2N2O4S/c1-26-15-4-6-16(7-5-15)27(24,25)22-8-2-3-17(22)18(23)21-14-10-12(19)9-13(20)11-14/h4-7,9-11,17H,2-3,8H2,1H3,(H,21,23). The van der Waals surface area contributed by atoms with Gasteiger partial charge in [-0.05, 0) is 55.3 Å². The molecule has 6 nitrogen and oxygen atoms in total. The Morgan fingerprint density at radius 2 is 1.78 bits per heavy atom. The Morgan fingerprint density at radius 1 is 1.15 bits per heavy atom. The summed E-state index contributed by atoms with van der Waals surface area (Å²) in [5.41, 5.74) is 0.422. The maximum absolute atomic E-state index is 13.0. The van der Waals surface area contributed by atoms with Crippen molar-refractivity contribution in [2.45, 2.75) is 23.8 Å². The van der Waals surface area contributed by atoms with Crippen LogP contribution in [-0.4, -0.2) is 38.3 Å². The number of nitrogens with one attached hydrogen (secondary N) is 1. The van der Waals surface area contributed by atoms with Gasteiger partial charge in [0, 0.05) is 22.3 Å². The normalized spacial score (nSPS) is 17.7. The predicted octanol–water partition coefficient (Wildman–Crippen LogP) is 3.79. The minimum Gasteiger partial charge on any atom is -0.497 e. The van der Waals surface area contributed by atoms with Crippen LogP contribution < -0.4 is 10.1 Å². The lowest BCUT2D eigenvalue weighted by Crippen LogP contribution is -2.43. The van der Waals surface area contributed by atoms with Crippen molar-refractivity contribution in [2.75, 3.05) is 19.0 Å². The number of anilines is 1. The molecule has 0 saturated carbocycles. The fourth-order valence-corrected chi connectivity index (χ4v) is 5.21. The molecule has 1 aliphatic heterocycles. The summed E-state index contributed by atoms with van der Waals surface area (Å²) in [4.78, 5) is 12.8. The zero-order valence-electron chi connectivity index (χ0n) is 14.5. The molecule has 1 unspecified atom stereocenters. The van der Waals surface area contributed by atoms with Crippen LogP contribution >= 0.6 is 23.2 Å². The quantitative estimate of drug-likeness (QED) is 0.785. The van der Waals surface area contributed by atoms with E-state index in [1.54, 1.807) is 30.3 Å². The van der Waals surface area contributed by atoms with Crippen molar-refractivity contribution < 1.29 is 17.9 Å². The van der Waals surface area contributed by atoms with Gasteiger partial charge in [-0.3, -0.25) is 4.79 Å². The largest absolute Gasteiger partial charge is 0.497 e. The van der Waals surface area contributed by atoms with E-state index in [9.17, 15) is 13.2 Å². The van der Waals surface area contributed by atoms with E-state index in [0.717, 1.165) is 0 Å². The predicted molar refractivity (Wildman–Crippen MR) is 105 cm³/mol. The zero-order chi connectivity index (χ0) is 19.6. The van der Waals surface area contributed by atoms with Crippen LogP contribution in [0.4, 0.5) is 5.69 Å². The first-order valence-corrected chi connectivity index (χ1v) is 10.4. The lowest BCUT2D eigenvalue weighted by atomic mass is 10.2. The van der Waals surface area contributed by atoms with Crippen LogP contribution in [-0.2, 0) is 14.8 Å². The minimum atomic E-state index is -3.80. The van der Waals surface area contributed by atoms with Crippen LogP contribution in [0.1, 0.15) is 12.8 Å². The van der Waals surface area contributed by atoms with Crippen LogP contribution in [0.25, 0.3) is 0 Å². The van der Waals surface area contributed by atoms with E-state index < -0.39 is 22.0 Å². The number of rotatable bonds is 5. The van der Waals surface area contributed by atoms with Gasteiger partial charge in [0.1, 0.15) is 11.8 Å². The number of amides is 1. The van der Waals surface area contributed by atoms with Crippen molar-refractivity contribution >= 4 is 44.8 Å². The van der Waals surface area contributed by atoms with Gasteiger partial charge in [-0.1, -0.05) is 23.2 Å². The summed E-state index contributed by atoms with van der Waals surface area (Å²) in [6.45, 7) is 0.281. The van der Waals surface area contributed by atoms with Crippen molar-refractivity contribution in [1.82, 2.24) is 4.31 Å². The van der Waals surface area contributed by atoms with Gasteiger partial charge in [0.25, 0.3) is 0 Å². The number of carbonyl (C=O) groups is 1. The molecule has 2 aromatic carbocycles. The summed E-state index contributed by atoms with van der Waals surface area (Å²) < 4.78 is 32.2. The van der Waals surface area contributed by atoms with E-state index in [4.69, 9.17) is 27.9 Å². The Morgan fingerprint density at radius 3 is 2.37 bits per heavy atom. The first-order chi connectivity index (χ1) is 12.8. The minimum absolute atomic E-state index is 0.119. The molecule has 1 N–H and O–H groups in total. The van der Waals surface area contributed by atoms with E-state index in [1.807, 2.05) is 0 Å². The number of hydrogen-bond donors (Lipinski definition) is 1. The van der Waals surface area contributed by atoms with Crippen molar-refractivity contribution in [3.05, 3.63) is 52.5 Å². The first-order valence-electron chi connectivity index (χ1n) is 8.24. The Hall–Kier alpha value is -1.80. The van der Waals surface area contributed by atoms with Gasteiger partial charge in [0.2, 0.25) is 15.9 Å². The highest BCUT2D eigenvalue weighted by Gasteiger charge is 2.39. The maximum Gasteiger partial charge on any atom is 0.243 e. The molecular formula is C18H18Cl2N2O4S. The summed E-state index contributed by atoms with van der Waals surface area (Å²) in [5.74, 6) is 0.144. The third-order valence-electron chi connectivity index (χ3n) is 4.30. The van der Waals surface area contributed by atoms with Gasteiger partial charge in [-0.15, -0.1) is 0 Å². The average molecular weight is 429 g/mol. The topological polar surface area (TPSA) is 75.7 Å². The molecule has 1 atom stereocenters. The van der Waals surface area contributed by atoms with Crippen molar-refractivity contribution in [3.63, 3.8) is 0 Å². The van der Waals surface area contributed by atoms with E-state index in [-0.39, 0.29) is 11.4 Å². The number of ether oxygens (including phenoxy) is 1. The second kappa shape index (κ2) is 8.06. The lowest BCUT2D eigenvalue weighted by molar-refractivity contribution is -0.119. The van der Waals surface area contributed by atoms with Crippen LogP contribution in [0.2, 0.25) is 10.0 Å². The van der Waals surface area contributed by atoms with E-state index in [0.29, 0.717) is 34.3 Å². The van der Waals surface area contributed by atoms with Crippen LogP contribution in [0.3, 0.4) is 0 Å². The van der Waals surface area contributed by atoms with Gasteiger partial charge in [-0.2, -0.15) is 4.31 Å². The smallest absolute Gasteiger partial charge is 0.243 e. The third kappa shape index (κ3) is 4.38. The molecule has 3 rings (SSSR count). The lowest BCUT2D eigenvalue weighted by Gasteiger charge is -2.23. The van der Waals surface area contributed by atoms with Gasteiger partial charge < -0.3 is 10.1 Å². The molecule has 1 aliphatic rings. The number of hydrogen-bond acceptors (Lipinski definition) is 4.